The molecule has 5 atom stereocenters. The molecule has 0 amide bonds. The molecule has 0 aromatic carbocycles. The predicted octanol–water partition coefficient (Wildman–Crippen LogP) is 5.13. The molecule has 2 rings (SSSR count). The molecule has 0 aromatic heterocycles. The zero-order chi connectivity index (χ0) is 11.4. The molecule has 0 heteroatoms. The van der Waals surface area contributed by atoms with Crippen LogP contribution in [0.3, 0.4) is 0 Å². The molecule has 2 aliphatic carbocycles. The summed E-state index contributed by atoms with van der Waals surface area (Å²) in [6.07, 6.45) is 7.56. The summed E-state index contributed by atoms with van der Waals surface area (Å²) < 4.78 is 0. The van der Waals surface area contributed by atoms with Gasteiger partial charge >= 0.3 is 0 Å². The third-order valence-corrected chi connectivity index (χ3v) is 4.93. The van der Waals surface area contributed by atoms with Crippen molar-refractivity contribution in [2.24, 2.45) is 29.6 Å². The minimum Gasteiger partial charge on any atom is -0.0683 e. The van der Waals surface area contributed by atoms with Crippen LogP contribution in [0.25, 0.3) is 0 Å². The Morgan fingerprint density at radius 2 is 1.40 bits per heavy atom. The highest BCUT2D eigenvalue weighted by Gasteiger charge is 2.39. The molecule has 0 radical (unpaired) electrons. The monoisotopic (exact) mass is 210 g/mol. The van der Waals surface area contributed by atoms with Crippen LogP contribution in [-0.2, 0) is 0 Å². The van der Waals surface area contributed by atoms with Crippen LogP contribution in [-0.4, -0.2) is 0 Å². The van der Waals surface area contributed by atoms with E-state index in [4.69, 9.17) is 0 Å². The zero-order valence-electron chi connectivity index (χ0n) is 11.4. The maximum absolute atomic E-state index is 2.50. The lowest BCUT2D eigenvalue weighted by molar-refractivity contribution is 0.0323. The largest absolute Gasteiger partial charge is 0.0683 e. The van der Waals surface area contributed by atoms with Crippen LogP contribution in [0.2, 0.25) is 0 Å². The number of hydrogen-bond donors (Lipinski definition) is 0. The van der Waals surface area contributed by atoms with Crippen LogP contribution < -0.4 is 0 Å². The van der Waals surface area contributed by atoms with E-state index in [1.807, 2.05) is 13.8 Å². The van der Waals surface area contributed by atoms with E-state index in [-0.39, 0.29) is 0 Å². The first-order valence-electron chi connectivity index (χ1n) is 7.20. The lowest BCUT2D eigenvalue weighted by Crippen LogP contribution is -2.38. The Morgan fingerprint density at radius 1 is 0.733 bits per heavy atom. The molecule has 0 aliphatic heterocycles. The lowest BCUT2D eigenvalue weighted by Gasteiger charge is -2.46. The van der Waals surface area contributed by atoms with Crippen molar-refractivity contribution in [1.29, 1.82) is 0 Å². The van der Waals surface area contributed by atoms with Gasteiger partial charge in [0.1, 0.15) is 0 Å². The van der Waals surface area contributed by atoms with Crippen LogP contribution in [0.4, 0.5) is 0 Å². The highest BCUT2D eigenvalue weighted by Crippen LogP contribution is 2.48. The van der Waals surface area contributed by atoms with Gasteiger partial charge in [0.25, 0.3) is 0 Å². The minimum absolute atomic E-state index is 0.988. The van der Waals surface area contributed by atoms with Crippen molar-refractivity contribution < 1.29 is 0 Å². The van der Waals surface area contributed by atoms with Crippen molar-refractivity contribution in [3.8, 4) is 0 Å². The molecular formula is C15H30. The maximum Gasteiger partial charge on any atom is -0.0332 e. The smallest absolute Gasteiger partial charge is 0.0332 e. The van der Waals surface area contributed by atoms with Crippen molar-refractivity contribution in [2.75, 3.05) is 0 Å². The summed E-state index contributed by atoms with van der Waals surface area (Å²) in [7, 11) is 0. The van der Waals surface area contributed by atoms with Crippen molar-refractivity contribution in [3.63, 3.8) is 0 Å². The van der Waals surface area contributed by atoms with Gasteiger partial charge in [-0.25, -0.2) is 0 Å². The Morgan fingerprint density at radius 3 is 2.07 bits per heavy atom. The first kappa shape index (κ1) is 13.1. The predicted molar refractivity (Wildman–Crippen MR) is 68.9 cm³/mol. The van der Waals surface area contributed by atoms with Crippen molar-refractivity contribution in [2.45, 2.75) is 66.7 Å². The van der Waals surface area contributed by atoms with Gasteiger partial charge in [-0.1, -0.05) is 60.3 Å². The molecule has 0 bridgehead atoms. The fourth-order valence-electron chi connectivity index (χ4n) is 3.96. The third kappa shape index (κ3) is 2.77. The molecule has 15 heavy (non-hydrogen) atoms. The molecular weight excluding hydrogens is 180 g/mol. The third-order valence-electron chi connectivity index (χ3n) is 4.93. The second kappa shape index (κ2) is 5.92. The van der Waals surface area contributed by atoms with Crippen LogP contribution in [0, 0.1) is 29.6 Å². The zero-order valence-corrected chi connectivity index (χ0v) is 11.4. The SMILES string of the molecule is CC.CC1CCC2CCCC(C)C2C1C. The Hall–Kier alpha value is 0. The minimum atomic E-state index is 0.988. The van der Waals surface area contributed by atoms with E-state index in [0.29, 0.717) is 0 Å². The fraction of sp³-hybridized carbons (Fsp3) is 1.00. The Bertz CT molecular complexity index is 171. The van der Waals surface area contributed by atoms with E-state index in [1.54, 1.807) is 0 Å². The molecule has 0 heterocycles. The standard InChI is InChI=1S/C13H24.C2H6/c1-9-7-8-12-6-4-5-10(2)13(12)11(9)3;1-2/h9-13H,4-8H2,1-3H3;1-2H3. The lowest BCUT2D eigenvalue weighted by atomic mass is 9.59. The van der Waals surface area contributed by atoms with Crippen LogP contribution in [0.1, 0.15) is 66.7 Å². The van der Waals surface area contributed by atoms with E-state index in [1.165, 1.54) is 32.1 Å². The van der Waals surface area contributed by atoms with Gasteiger partial charge in [-0.05, 0) is 36.0 Å². The van der Waals surface area contributed by atoms with Gasteiger partial charge in [0, 0.05) is 0 Å². The summed E-state index contributed by atoms with van der Waals surface area (Å²) in [5.41, 5.74) is 0. The second-order valence-corrected chi connectivity index (χ2v) is 5.66. The molecule has 5 unspecified atom stereocenters. The van der Waals surface area contributed by atoms with Gasteiger partial charge in [-0.3, -0.25) is 0 Å². The molecule has 2 fully saturated rings. The van der Waals surface area contributed by atoms with Gasteiger partial charge in [-0.2, -0.15) is 0 Å². The number of rotatable bonds is 0. The Kier molecular flexibility index (Phi) is 5.15. The summed E-state index contributed by atoms with van der Waals surface area (Å²) in [6.45, 7) is 11.5. The first-order chi connectivity index (χ1) is 7.20. The molecule has 0 nitrogen and oxygen atoms in total. The average Bonchev–Trinajstić information content (AvgIpc) is 2.26. The highest BCUT2D eigenvalue weighted by molar-refractivity contribution is 4.89. The van der Waals surface area contributed by atoms with Gasteiger partial charge in [0.15, 0.2) is 0 Å². The van der Waals surface area contributed by atoms with E-state index >= 15 is 0 Å². The summed E-state index contributed by atoms with van der Waals surface area (Å²) in [5, 5.41) is 0. The van der Waals surface area contributed by atoms with Crippen LogP contribution >= 0.6 is 0 Å². The summed E-state index contributed by atoms with van der Waals surface area (Å²) in [5.74, 6) is 5.15. The topological polar surface area (TPSA) is 0 Å². The molecule has 0 spiro atoms. The van der Waals surface area contributed by atoms with Crippen LogP contribution in [0.5, 0.6) is 0 Å². The maximum atomic E-state index is 2.50. The summed E-state index contributed by atoms with van der Waals surface area (Å²) in [6, 6.07) is 0. The normalized spacial score (nSPS) is 45.0. The number of fused-ring (bicyclic) bond motifs is 1. The van der Waals surface area contributed by atoms with Crippen LogP contribution in [0.15, 0.2) is 0 Å². The quantitative estimate of drug-likeness (QED) is 0.520. The summed E-state index contributed by atoms with van der Waals surface area (Å²) >= 11 is 0. The van der Waals surface area contributed by atoms with Gasteiger partial charge in [0.05, 0.1) is 0 Å². The number of hydrogen-bond acceptors (Lipinski definition) is 0. The van der Waals surface area contributed by atoms with E-state index in [9.17, 15) is 0 Å². The molecule has 0 saturated heterocycles. The average molecular weight is 210 g/mol. The molecule has 2 saturated carbocycles. The molecule has 90 valence electrons. The van der Waals surface area contributed by atoms with Crippen molar-refractivity contribution in [1.82, 2.24) is 0 Å². The molecule has 0 N–H and O–H groups in total. The van der Waals surface area contributed by atoms with E-state index in [2.05, 4.69) is 20.8 Å². The van der Waals surface area contributed by atoms with Gasteiger partial charge in [-0.15, -0.1) is 0 Å². The summed E-state index contributed by atoms with van der Waals surface area (Å²) in [4.78, 5) is 0. The fourth-order valence-corrected chi connectivity index (χ4v) is 3.96. The van der Waals surface area contributed by atoms with Gasteiger partial charge < -0.3 is 0 Å². The Labute approximate surface area is 96.8 Å². The van der Waals surface area contributed by atoms with Crippen molar-refractivity contribution >= 4 is 0 Å². The van der Waals surface area contributed by atoms with E-state index < -0.39 is 0 Å². The Balaban J connectivity index is 0.000000531. The van der Waals surface area contributed by atoms with E-state index in [0.717, 1.165) is 29.6 Å². The van der Waals surface area contributed by atoms with Gasteiger partial charge in [0.2, 0.25) is 0 Å². The highest BCUT2D eigenvalue weighted by atomic mass is 14.4. The molecule has 0 aromatic rings. The van der Waals surface area contributed by atoms with Crippen molar-refractivity contribution in [3.05, 3.63) is 0 Å². The first-order valence-corrected chi connectivity index (χ1v) is 7.20. The second-order valence-electron chi connectivity index (χ2n) is 5.66. The molecule has 2 aliphatic rings.